The molecule has 0 amide bonds. The molecule has 0 aromatic carbocycles. The SMILES string of the molecule is CCOC(=O)C1(C(=O)O)COCOC1. The Hall–Kier alpha value is -1.14. The van der Waals surface area contributed by atoms with Crippen LogP contribution in [0.4, 0.5) is 0 Å². The lowest BCUT2D eigenvalue weighted by atomic mass is 9.90. The van der Waals surface area contributed by atoms with Crippen molar-refractivity contribution in [1.82, 2.24) is 0 Å². The topological polar surface area (TPSA) is 82.1 Å². The van der Waals surface area contributed by atoms with Crippen molar-refractivity contribution >= 4 is 11.9 Å². The fraction of sp³-hybridized carbons (Fsp3) is 0.750. The third kappa shape index (κ3) is 1.85. The molecule has 6 heteroatoms. The zero-order valence-electron chi connectivity index (χ0n) is 7.82. The molecule has 1 fully saturated rings. The number of rotatable bonds is 3. The number of ether oxygens (including phenoxy) is 3. The Morgan fingerprint density at radius 3 is 2.43 bits per heavy atom. The summed E-state index contributed by atoms with van der Waals surface area (Å²) in [5, 5.41) is 8.92. The lowest BCUT2D eigenvalue weighted by Crippen LogP contribution is -2.51. The van der Waals surface area contributed by atoms with Crippen molar-refractivity contribution in [2.24, 2.45) is 5.41 Å². The molecular weight excluding hydrogens is 192 g/mol. The number of hydrogen-bond donors (Lipinski definition) is 1. The van der Waals surface area contributed by atoms with Gasteiger partial charge in [0.1, 0.15) is 6.79 Å². The molecule has 0 saturated carbocycles. The first kappa shape index (κ1) is 10.9. The molecule has 1 aliphatic heterocycles. The standard InChI is InChI=1S/C8H12O6/c1-2-14-7(11)8(6(9)10)3-12-5-13-4-8/h2-5H2,1H3,(H,9,10). The Morgan fingerprint density at radius 2 is 2.00 bits per heavy atom. The minimum Gasteiger partial charge on any atom is -0.480 e. The number of esters is 1. The van der Waals surface area contributed by atoms with Crippen molar-refractivity contribution in [3.05, 3.63) is 0 Å². The summed E-state index contributed by atoms with van der Waals surface area (Å²) in [5.74, 6) is -2.09. The number of aliphatic carboxylic acids is 1. The highest BCUT2D eigenvalue weighted by Crippen LogP contribution is 2.24. The van der Waals surface area contributed by atoms with Crippen molar-refractivity contribution in [3.8, 4) is 0 Å². The average Bonchev–Trinajstić information content (AvgIpc) is 2.19. The van der Waals surface area contributed by atoms with E-state index in [-0.39, 0.29) is 26.6 Å². The molecule has 6 nitrogen and oxygen atoms in total. The first-order valence-corrected chi connectivity index (χ1v) is 4.19. The van der Waals surface area contributed by atoms with Crippen molar-refractivity contribution in [2.75, 3.05) is 26.6 Å². The number of hydrogen-bond acceptors (Lipinski definition) is 5. The summed E-state index contributed by atoms with van der Waals surface area (Å²) in [6, 6.07) is 0. The van der Waals surface area contributed by atoms with Crippen molar-refractivity contribution < 1.29 is 28.9 Å². The molecule has 80 valence electrons. The van der Waals surface area contributed by atoms with E-state index >= 15 is 0 Å². The van der Waals surface area contributed by atoms with Gasteiger partial charge in [-0.3, -0.25) is 9.59 Å². The van der Waals surface area contributed by atoms with Crippen LogP contribution >= 0.6 is 0 Å². The fourth-order valence-corrected chi connectivity index (χ4v) is 1.13. The highest BCUT2D eigenvalue weighted by Gasteiger charge is 2.50. The summed E-state index contributed by atoms with van der Waals surface area (Å²) in [5.41, 5.74) is -1.70. The Labute approximate surface area is 80.7 Å². The van der Waals surface area contributed by atoms with Gasteiger partial charge in [-0.1, -0.05) is 0 Å². The molecule has 0 radical (unpaired) electrons. The van der Waals surface area contributed by atoms with Crippen LogP contribution in [0.1, 0.15) is 6.92 Å². The second kappa shape index (κ2) is 4.39. The van der Waals surface area contributed by atoms with Crippen LogP contribution in [-0.2, 0) is 23.8 Å². The highest BCUT2D eigenvalue weighted by atomic mass is 16.7. The van der Waals surface area contributed by atoms with Crippen molar-refractivity contribution in [1.29, 1.82) is 0 Å². The van der Waals surface area contributed by atoms with Crippen LogP contribution < -0.4 is 0 Å². The first-order chi connectivity index (χ1) is 6.63. The van der Waals surface area contributed by atoms with Gasteiger partial charge in [0.2, 0.25) is 5.41 Å². The second-order valence-electron chi connectivity index (χ2n) is 2.92. The van der Waals surface area contributed by atoms with E-state index in [9.17, 15) is 9.59 Å². The molecule has 0 aromatic rings. The van der Waals surface area contributed by atoms with Crippen LogP contribution in [0.25, 0.3) is 0 Å². The van der Waals surface area contributed by atoms with Gasteiger partial charge in [-0.2, -0.15) is 0 Å². The third-order valence-corrected chi connectivity index (χ3v) is 1.94. The molecule has 14 heavy (non-hydrogen) atoms. The van der Waals surface area contributed by atoms with E-state index in [0.717, 1.165) is 0 Å². The first-order valence-electron chi connectivity index (χ1n) is 4.19. The van der Waals surface area contributed by atoms with Gasteiger partial charge in [-0.05, 0) is 6.92 Å². The normalized spacial score (nSPS) is 20.1. The maximum absolute atomic E-state index is 11.4. The van der Waals surface area contributed by atoms with E-state index in [0.29, 0.717) is 0 Å². The molecule has 0 unspecified atom stereocenters. The van der Waals surface area contributed by atoms with Gasteiger partial charge >= 0.3 is 11.9 Å². The Bertz CT molecular complexity index is 230. The van der Waals surface area contributed by atoms with Crippen LogP contribution in [0, 0.1) is 5.41 Å². The van der Waals surface area contributed by atoms with Crippen molar-refractivity contribution in [3.63, 3.8) is 0 Å². The zero-order chi connectivity index (χ0) is 10.6. The lowest BCUT2D eigenvalue weighted by Gasteiger charge is -2.30. The minimum absolute atomic E-state index is 0.00837. The molecule has 0 spiro atoms. The molecule has 1 N–H and O–H groups in total. The van der Waals surface area contributed by atoms with E-state index in [1.54, 1.807) is 6.92 Å². The fourth-order valence-electron chi connectivity index (χ4n) is 1.13. The lowest BCUT2D eigenvalue weighted by molar-refractivity contribution is -0.205. The van der Waals surface area contributed by atoms with Gasteiger partial charge in [0.05, 0.1) is 19.8 Å². The van der Waals surface area contributed by atoms with E-state index < -0.39 is 17.4 Å². The smallest absolute Gasteiger partial charge is 0.328 e. The molecular formula is C8H12O6. The second-order valence-corrected chi connectivity index (χ2v) is 2.92. The highest BCUT2D eigenvalue weighted by molar-refractivity contribution is 5.99. The minimum atomic E-state index is -1.70. The van der Waals surface area contributed by atoms with Crippen LogP contribution in [0.5, 0.6) is 0 Å². The van der Waals surface area contributed by atoms with Crippen LogP contribution in [-0.4, -0.2) is 43.7 Å². The van der Waals surface area contributed by atoms with E-state index in [4.69, 9.17) is 14.6 Å². The van der Waals surface area contributed by atoms with Gasteiger partial charge in [0.25, 0.3) is 0 Å². The summed E-state index contributed by atoms with van der Waals surface area (Å²) in [6.45, 7) is 1.34. The number of carbonyl (C=O) groups excluding carboxylic acids is 1. The summed E-state index contributed by atoms with van der Waals surface area (Å²) >= 11 is 0. The maximum Gasteiger partial charge on any atom is 0.328 e. The van der Waals surface area contributed by atoms with Crippen molar-refractivity contribution in [2.45, 2.75) is 6.92 Å². The molecule has 0 aromatic heterocycles. The number of carbonyl (C=O) groups is 2. The summed E-state index contributed by atoms with van der Waals surface area (Å²) in [6.07, 6.45) is 0. The molecule has 0 bridgehead atoms. The Kier molecular flexibility index (Phi) is 3.43. The molecule has 0 aliphatic carbocycles. The van der Waals surface area contributed by atoms with Gasteiger partial charge in [0, 0.05) is 0 Å². The summed E-state index contributed by atoms with van der Waals surface area (Å²) < 4.78 is 14.3. The number of carboxylic acid groups (broad SMARTS) is 1. The van der Waals surface area contributed by atoms with Crippen LogP contribution in [0.3, 0.4) is 0 Å². The molecule has 1 aliphatic rings. The van der Waals surface area contributed by atoms with Gasteiger partial charge in [0.15, 0.2) is 0 Å². The maximum atomic E-state index is 11.4. The van der Waals surface area contributed by atoms with Gasteiger partial charge in [-0.25, -0.2) is 0 Å². The van der Waals surface area contributed by atoms with E-state index in [1.807, 2.05) is 0 Å². The van der Waals surface area contributed by atoms with E-state index in [2.05, 4.69) is 4.74 Å². The van der Waals surface area contributed by atoms with Crippen LogP contribution in [0.2, 0.25) is 0 Å². The summed E-state index contributed by atoms with van der Waals surface area (Å²) in [4.78, 5) is 22.3. The number of carboxylic acids is 1. The molecule has 1 heterocycles. The Balaban J connectivity index is 2.80. The van der Waals surface area contributed by atoms with Crippen LogP contribution in [0.15, 0.2) is 0 Å². The van der Waals surface area contributed by atoms with Gasteiger partial charge < -0.3 is 19.3 Å². The third-order valence-electron chi connectivity index (χ3n) is 1.94. The quantitative estimate of drug-likeness (QED) is 0.498. The average molecular weight is 204 g/mol. The predicted octanol–water partition coefficient (Wildman–Crippen LogP) is -0.375. The zero-order valence-corrected chi connectivity index (χ0v) is 7.82. The van der Waals surface area contributed by atoms with Gasteiger partial charge in [-0.15, -0.1) is 0 Å². The summed E-state index contributed by atoms with van der Waals surface area (Å²) in [7, 11) is 0. The molecule has 1 saturated heterocycles. The monoisotopic (exact) mass is 204 g/mol. The largest absolute Gasteiger partial charge is 0.480 e. The molecule has 1 rings (SSSR count). The molecule has 0 atom stereocenters. The van der Waals surface area contributed by atoms with E-state index in [1.165, 1.54) is 0 Å². The predicted molar refractivity (Wildman–Crippen MR) is 43.5 cm³/mol. The Morgan fingerprint density at radius 1 is 1.43 bits per heavy atom.